The minimum absolute atomic E-state index is 0.173. The highest BCUT2D eigenvalue weighted by molar-refractivity contribution is 5.57. The molecule has 88 valence electrons. The second-order valence-electron chi connectivity index (χ2n) is 3.37. The predicted octanol–water partition coefficient (Wildman–Crippen LogP) is 1.72. The fourth-order valence-electron chi connectivity index (χ4n) is 1.39. The van der Waals surface area contributed by atoms with Crippen LogP contribution in [0.5, 0.6) is 5.75 Å². The van der Waals surface area contributed by atoms with E-state index in [0.29, 0.717) is 11.6 Å². The normalized spacial score (nSPS) is 10.0. The standard InChI is InChI=1S/C12H13N3O2/c1-17-10-4-2-3-9(7-10)14-11-5-6-13-12(8-16)15-11/h2-7,16H,8H2,1H3,(H,13,14,15). The van der Waals surface area contributed by atoms with E-state index in [0.717, 1.165) is 11.4 Å². The van der Waals surface area contributed by atoms with Gasteiger partial charge < -0.3 is 15.2 Å². The average Bonchev–Trinajstić information content (AvgIpc) is 2.39. The molecule has 0 atom stereocenters. The molecule has 5 nitrogen and oxygen atoms in total. The molecule has 0 radical (unpaired) electrons. The molecule has 2 rings (SSSR count). The summed E-state index contributed by atoms with van der Waals surface area (Å²) in [6, 6.07) is 9.25. The fourth-order valence-corrected chi connectivity index (χ4v) is 1.39. The summed E-state index contributed by atoms with van der Waals surface area (Å²) in [5, 5.41) is 12.0. The lowest BCUT2D eigenvalue weighted by Gasteiger charge is -2.07. The van der Waals surface area contributed by atoms with Crippen LogP contribution in [0.1, 0.15) is 5.82 Å². The largest absolute Gasteiger partial charge is 0.497 e. The Kier molecular flexibility index (Phi) is 3.52. The molecule has 0 fully saturated rings. The molecule has 1 aromatic carbocycles. The number of ether oxygens (including phenoxy) is 1. The van der Waals surface area contributed by atoms with Crippen molar-refractivity contribution < 1.29 is 9.84 Å². The van der Waals surface area contributed by atoms with Gasteiger partial charge in [0.25, 0.3) is 0 Å². The summed E-state index contributed by atoms with van der Waals surface area (Å²) in [5.74, 6) is 1.79. The Morgan fingerprint density at radius 2 is 2.24 bits per heavy atom. The van der Waals surface area contributed by atoms with Crippen LogP contribution in [0.3, 0.4) is 0 Å². The molecular weight excluding hydrogens is 218 g/mol. The van der Waals surface area contributed by atoms with E-state index >= 15 is 0 Å². The van der Waals surface area contributed by atoms with E-state index in [2.05, 4.69) is 15.3 Å². The van der Waals surface area contributed by atoms with Gasteiger partial charge in [-0.3, -0.25) is 0 Å². The van der Waals surface area contributed by atoms with E-state index < -0.39 is 0 Å². The molecule has 0 bridgehead atoms. The Balaban J connectivity index is 2.18. The minimum Gasteiger partial charge on any atom is -0.497 e. The molecule has 5 heteroatoms. The molecule has 0 aliphatic heterocycles. The Morgan fingerprint density at radius 1 is 1.35 bits per heavy atom. The zero-order chi connectivity index (χ0) is 12.1. The van der Waals surface area contributed by atoms with Crippen LogP contribution in [0.2, 0.25) is 0 Å². The zero-order valence-corrected chi connectivity index (χ0v) is 9.42. The molecule has 0 aliphatic rings. The molecule has 1 heterocycles. The van der Waals surface area contributed by atoms with Gasteiger partial charge in [0.1, 0.15) is 18.2 Å². The third-order valence-corrected chi connectivity index (χ3v) is 2.19. The first-order chi connectivity index (χ1) is 8.31. The number of aliphatic hydroxyl groups is 1. The Hall–Kier alpha value is -2.14. The van der Waals surface area contributed by atoms with E-state index in [-0.39, 0.29) is 6.61 Å². The van der Waals surface area contributed by atoms with Crippen molar-refractivity contribution in [1.82, 2.24) is 9.97 Å². The number of rotatable bonds is 4. The van der Waals surface area contributed by atoms with Gasteiger partial charge in [-0.2, -0.15) is 0 Å². The highest BCUT2D eigenvalue weighted by atomic mass is 16.5. The maximum atomic E-state index is 8.94. The van der Waals surface area contributed by atoms with Gasteiger partial charge in [-0.1, -0.05) is 6.07 Å². The van der Waals surface area contributed by atoms with E-state index in [1.807, 2.05) is 24.3 Å². The molecular formula is C12H13N3O2. The van der Waals surface area contributed by atoms with Gasteiger partial charge in [0, 0.05) is 18.0 Å². The summed E-state index contributed by atoms with van der Waals surface area (Å²) in [4.78, 5) is 8.04. The molecule has 0 aliphatic carbocycles. The van der Waals surface area contributed by atoms with E-state index in [1.165, 1.54) is 0 Å². The number of nitrogens with zero attached hydrogens (tertiary/aromatic N) is 2. The molecule has 2 N–H and O–H groups in total. The molecule has 0 saturated carbocycles. The monoisotopic (exact) mass is 231 g/mol. The second kappa shape index (κ2) is 5.27. The molecule has 17 heavy (non-hydrogen) atoms. The number of hydrogen-bond acceptors (Lipinski definition) is 5. The van der Waals surface area contributed by atoms with Crippen LogP contribution in [0.4, 0.5) is 11.5 Å². The van der Waals surface area contributed by atoms with Crippen LogP contribution in [-0.4, -0.2) is 22.2 Å². The van der Waals surface area contributed by atoms with Gasteiger partial charge in [0.15, 0.2) is 5.82 Å². The van der Waals surface area contributed by atoms with Crippen LogP contribution < -0.4 is 10.1 Å². The van der Waals surface area contributed by atoms with Gasteiger partial charge >= 0.3 is 0 Å². The number of aromatic nitrogens is 2. The average molecular weight is 231 g/mol. The molecule has 1 aromatic heterocycles. The van der Waals surface area contributed by atoms with Crippen molar-refractivity contribution in [3.8, 4) is 5.75 Å². The third kappa shape index (κ3) is 2.92. The maximum Gasteiger partial charge on any atom is 0.156 e. The summed E-state index contributed by atoms with van der Waals surface area (Å²) in [6.45, 7) is -0.173. The quantitative estimate of drug-likeness (QED) is 0.838. The van der Waals surface area contributed by atoms with Crippen LogP contribution in [0, 0.1) is 0 Å². The van der Waals surface area contributed by atoms with Gasteiger partial charge in [-0.05, 0) is 18.2 Å². The fraction of sp³-hybridized carbons (Fsp3) is 0.167. The van der Waals surface area contributed by atoms with E-state index in [4.69, 9.17) is 9.84 Å². The lowest BCUT2D eigenvalue weighted by Crippen LogP contribution is -1.99. The topological polar surface area (TPSA) is 67.3 Å². The third-order valence-electron chi connectivity index (χ3n) is 2.19. The number of benzene rings is 1. The van der Waals surface area contributed by atoms with Crippen LogP contribution >= 0.6 is 0 Å². The van der Waals surface area contributed by atoms with Crippen LogP contribution in [0.15, 0.2) is 36.5 Å². The number of nitrogens with one attached hydrogen (secondary N) is 1. The van der Waals surface area contributed by atoms with Crippen molar-refractivity contribution in [3.05, 3.63) is 42.4 Å². The number of methoxy groups -OCH3 is 1. The van der Waals surface area contributed by atoms with E-state index in [1.54, 1.807) is 19.4 Å². The Labute approximate surface area is 99.1 Å². The first kappa shape index (κ1) is 11.3. The maximum absolute atomic E-state index is 8.94. The lowest BCUT2D eigenvalue weighted by molar-refractivity contribution is 0.271. The number of aliphatic hydroxyl groups excluding tert-OH is 1. The van der Waals surface area contributed by atoms with Gasteiger partial charge in [-0.15, -0.1) is 0 Å². The molecule has 0 saturated heterocycles. The van der Waals surface area contributed by atoms with E-state index in [9.17, 15) is 0 Å². The Morgan fingerprint density at radius 3 is 3.00 bits per heavy atom. The summed E-state index contributed by atoms with van der Waals surface area (Å²) in [7, 11) is 1.62. The lowest BCUT2D eigenvalue weighted by atomic mass is 10.3. The number of hydrogen-bond donors (Lipinski definition) is 2. The summed E-state index contributed by atoms with van der Waals surface area (Å²) in [6.07, 6.45) is 1.60. The SMILES string of the molecule is COc1cccc(Nc2ccnc(CO)n2)c1. The van der Waals surface area contributed by atoms with Crippen LogP contribution in [-0.2, 0) is 6.61 Å². The molecule has 0 amide bonds. The van der Waals surface area contributed by atoms with Crippen molar-refractivity contribution in [2.75, 3.05) is 12.4 Å². The first-order valence-electron chi connectivity index (χ1n) is 5.15. The molecule has 0 spiro atoms. The van der Waals surface area contributed by atoms with Crippen molar-refractivity contribution in [2.45, 2.75) is 6.61 Å². The predicted molar refractivity (Wildman–Crippen MR) is 64.2 cm³/mol. The molecule has 2 aromatic rings. The smallest absolute Gasteiger partial charge is 0.156 e. The van der Waals surface area contributed by atoms with Gasteiger partial charge in [-0.25, -0.2) is 9.97 Å². The van der Waals surface area contributed by atoms with Crippen molar-refractivity contribution >= 4 is 11.5 Å². The number of anilines is 2. The minimum atomic E-state index is -0.173. The van der Waals surface area contributed by atoms with Gasteiger partial charge in [0.05, 0.1) is 7.11 Å². The first-order valence-corrected chi connectivity index (χ1v) is 5.15. The Bertz CT molecular complexity index is 457. The van der Waals surface area contributed by atoms with Crippen LogP contribution in [0.25, 0.3) is 0 Å². The second-order valence-corrected chi connectivity index (χ2v) is 3.37. The summed E-state index contributed by atoms with van der Waals surface area (Å²) in [5.41, 5.74) is 0.868. The highest BCUT2D eigenvalue weighted by Gasteiger charge is 2.00. The van der Waals surface area contributed by atoms with Crippen molar-refractivity contribution in [2.24, 2.45) is 0 Å². The van der Waals surface area contributed by atoms with Crippen molar-refractivity contribution in [1.29, 1.82) is 0 Å². The van der Waals surface area contributed by atoms with Gasteiger partial charge in [0.2, 0.25) is 0 Å². The van der Waals surface area contributed by atoms with Crippen molar-refractivity contribution in [3.63, 3.8) is 0 Å². The summed E-state index contributed by atoms with van der Waals surface area (Å²) >= 11 is 0. The molecule has 0 unspecified atom stereocenters. The zero-order valence-electron chi connectivity index (χ0n) is 9.42. The highest BCUT2D eigenvalue weighted by Crippen LogP contribution is 2.19. The summed E-state index contributed by atoms with van der Waals surface area (Å²) < 4.78 is 5.12.